The molecule has 0 N–H and O–H groups in total. The van der Waals surface area contributed by atoms with Crippen LogP contribution in [0.4, 0.5) is 0 Å². The van der Waals surface area contributed by atoms with Crippen molar-refractivity contribution in [1.29, 1.82) is 0 Å². The van der Waals surface area contributed by atoms with Crippen LogP contribution in [-0.4, -0.2) is 16.0 Å². The lowest BCUT2D eigenvalue weighted by atomic mass is 10.1. The van der Waals surface area contributed by atoms with E-state index in [1.54, 1.807) is 0 Å². The molecule has 2 nitrogen and oxygen atoms in total. The summed E-state index contributed by atoms with van der Waals surface area (Å²) in [4.78, 5) is 16.7. The van der Waals surface area contributed by atoms with Gasteiger partial charge in [0.05, 0.1) is 10.3 Å². The molecule has 0 aliphatic heterocycles. The summed E-state index contributed by atoms with van der Waals surface area (Å²) in [6, 6.07) is 13.5. The first-order chi connectivity index (χ1) is 9.06. The monoisotopic (exact) mass is 271 g/mol. The summed E-state index contributed by atoms with van der Waals surface area (Å²) in [5.74, 6) is 0.145. The second-order valence-electron chi connectivity index (χ2n) is 4.61. The molecule has 1 heterocycles. The average molecular weight is 271 g/mol. The summed E-state index contributed by atoms with van der Waals surface area (Å²) in [7, 11) is 0. The van der Waals surface area contributed by atoms with Crippen LogP contribution in [0.5, 0.6) is 0 Å². The Kier molecular flexibility index (Phi) is 4.38. The molecule has 98 valence electrons. The number of carbonyl (C=O) groups excluding carboxylic acids is 1. The molecule has 0 spiro atoms. The Hall–Kier alpha value is -1.61. The molecule has 0 bridgehead atoms. The van der Waals surface area contributed by atoms with Gasteiger partial charge in [-0.1, -0.05) is 42.1 Å². The summed E-state index contributed by atoms with van der Waals surface area (Å²) >= 11 is 1.51. The van der Waals surface area contributed by atoms with Crippen LogP contribution in [0.1, 0.15) is 28.5 Å². The molecular weight excluding hydrogens is 254 g/mol. The molecule has 0 aliphatic rings. The van der Waals surface area contributed by atoms with Gasteiger partial charge in [-0.15, -0.1) is 0 Å². The number of hydrogen-bond donors (Lipinski definition) is 0. The second-order valence-corrected chi connectivity index (χ2v) is 5.98. The third kappa shape index (κ3) is 3.67. The van der Waals surface area contributed by atoms with Crippen molar-refractivity contribution in [1.82, 2.24) is 4.98 Å². The van der Waals surface area contributed by atoms with Crippen LogP contribution in [0, 0.1) is 13.8 Å². The van der Waals surface area contributed by atoms with Gasteiger partial charge >= 0.3 is 0 Å². The topological polar surface area (TPSA) is 30.0 Å². The maximum Gasteiger partial charge on any atom is 0.175 e. The third-order valence-electron chi connectivity index (χ3n) is 2.80. The summed E-state index contributed by atoms with van der Waals surface area (Å²) in [5, 5.41) is 0.783. The molecule has 2 rings (SSSR count). The van der Waals surface area contributed by atoms with Crippen molar-refractivity contribution in [3.8, 4) is 0 Å². The van der Waals surface area contributed by atoms with Crippen molar-refractivity contribution >= 4 is 17.5 Å². The predicted molar refractivity (Wildman–Crippen MR) is 79.8 cm³/mol. The third-order valence-corrected chi connectivity index (χ3v) is 3.82. The van der Waals surface area contributed by atoms with E-state index in [-0.39, 0.29) is 11.0 Å². The first kappa shape index (κ1) is 13.8. The van der Waals surface area contributed by atoms with E-state index in [4.69, 9.17) is 0 Å². The Morgan fingerprint density at radius 1 is 1.16 bits per heavy atom. The van der Waals surface area contributed by atoms with Crippen molar-refractivity contribution in [3.05, 3.63) is 59.3 Å². The number of Topliss-reactive ketones (excluding diaryl/α,β-unsaturated/α-hetero) is 1. The predicted octanol–water partition coefficient (Wildman–Crippen LogP) is 4.06. The normalized spacial score (nSPS) is 12.2. The highest BCUT2D eigenvalue weighted by Crippen LogP contribution is 2.25. The van der Waals surface area contributed by atoms with Gasteiger partial charge in [-0.2, -0.15) is 0 Å². The number of aromatic nitrogens is 1. The molecular formula is C16H17NOS. The molecule has 1 atom stereocenters. The molecule has 0 amide bonds. The standard InChI is InChI=1S/C16H17NOS/c1-11-9-12(2)17-15(10-11)19-13(3)16(18)14-7-5-4-6-8-14/h4-10,13H,1-3H3. The van der Waals surface area contributed by atoms with Crippen LogP contribution in [0.15, 0.2) is 47.5 Å². The fraction of sp³-hybridized carbons (Fsp3) is 0.250. The number of carbonyl (C=O) groups is 1. The molecule has 0 aliphatic carbocycles. The van der Waals surface area contributed by atoms with Crippen LogP contribution >= 0.6 is 11.8 Å². The Bertz CT molecular complexity index is 560. The van der Waals surface area contributed by atoms with E-state index >= 15 is 0 Å². The van der Waals surface area contributed by atoms with E-state index in [1.165, 1.54) is 17.3 Å². The lowest BCUT2D eigenvalue weighted by Crippen LogP contribution is -2.13. The summed E-state index contributed by atoms with van der Waals surface area (Å²) in [5.41, 5.74) is 2.92. The maximum atomic E-state index is 12.3. The SMILES string of the molecule is Cc1cc(C)nc(SC(C)C(=O)c2ccccc2)c1. The number of thioether (sulfide) groups is 1. The molecule has 2 aromatic rings. The molecule has 0 fully saturated rings. The van der Waals surface area contributed by atoms with Crippen molar-refractivity contribution in [2.75, 3.05) is 0 Å². The number of ketones is 1. The van der Waals surface area contributed by atoms with Gasteiger partial charge in [0.25, 0.3) is 0 Å². The fourth-order valence-corrected chi connectivity index (χ4v) is 2.99. The summed E-state index contributed by atoms with van der Waals surface area (Å²) < 4.78 is 0. The molecule has 0 saturated carbocycles. The molecule has 1 aromatic heterocycles. The van der Waals surface area contributed by atoms with Crippen LogP contribution in [-0.2, 0) is 0 Å². The van der Waals surface area contributed by atoms with Gasteiger partial charge in [0, 0.05) is 11.3 Å². The van der Waals surface area contributed by atoms with Crippen molar-refractivity contribution in [3.63, 3.8) is 0 Å². The smallest absolute Gasteiger partial charge is 0.175 e. The van der Waals surface area contributed by atoms with Gasteiger partial charge in [-0.05, 0) is 38.5 Å². The zero-order valence-corrected chi connectivity index (χ0v) is 12.2. The Morgan fingerprint density at radius 2 is 1.84 bits per heavy atom. The average Bonchev–Trinajstić information content (AvgIpc) is 2.37. The molecule has 1 aromatic carbocycles. The van der Waals surface area contributed by atoms with Crippen LogP contribution in [0.25, 0.3) is 0 Å². The van der Waals surface area contributed by atoms with Gasteiger partial charge in [0.2, 0.25) is 0 Å². The number of aryl methyl sites for hydroxylation is 2. The van der Waals surface area contributed by atoms with Crippen molar-refractivity contribution in [2.24, 2.45) is 0 Å². The maximum absolute atomic E-state index is 12.3. The highest BCUT2D eigenvalue weighted by molar-refractivity contribution is 8.00. The first-order valence-electron chi connectivity index (χ1n) is 6.27. The zero-order valence-electron chi connectivity index (χ0n) is 11.4. The number of pyridine rings is 1. The largest absolute Gasteiger partial charge is 0.293 e. The Morgan fingerprint density at radius 3 is 2.47 bits per heavy atom. The highest BCUT2D eigenvalue weighted by atomic mass is 32.2. The lowest BCUT2D eigenvalue weighted by Gasteiger charge is -2.10. The van der Waals surface area contributed by atoms with Crippen LogP contribution in [0.2, 0.25) is 0 Å². The number of nitrogens with zero attached hydrogens (tertiary/aromatic N) is 1. The quantitative estimate of drug-likeness (QED) is 0.620. The summed E-state index contributed by atoms with van der Waals surface area (Å²) in [6.07, 6.45) is 0. The Labute approximate surface area is 118 Å². The highest BCUT2D eigenvalue weighted by Gasteiger charge is 2.16. The molecule has 0 radical (unpaired) electrons. The van der Waals surface area contributed by atoms with E-state index in [0.717, 1.165) is 16.3 Å². The zero-order chi connectivity index (χ0) is 13.8. The Balaban J connectivity index is 2.13. The van der Waals surface area contributed by atoms with Gasteiger partial charge in [0.15, 0.2) is 5.78 Å². The van der Waals surface area contributed by atoms with Crippen LogP contribution in [0.3, 0.4) is 0 Å². The molecule has 19 heavy (non-hydrogen) atoms. The minimum absolute atomic E-state index is 0.129. The molecule has 0 saturated heterocycles. The van der Waals surface area contributed by atoms with E-state index in [1.807, 2.05) is 63.2 Å². The number of hydrogen-bond acceptors (Lipinski definition) is 3. The van der Waals surface area contributed by atoms with Gasteiger partial charge in [-0.25, -0.2) is 4.98 Å². The minimum Gasteiger partial charge on any atom is -0.293 e. The van der Waals surface area contributed by atoms with Gasteiger partial charge in [-0.3, -0.25) is 4.79 Å². The van der Waals surface area contributed by atoms with Crippen LogP contribution < -0.4 is 0 Å². The number of benzene rings is 1. The fourth-order valence-electron chi connectivity index (χ4n) is 1.94. The van der Waals surface area contributed by atoms with Crippen molar-refractivity contribution < 1.29 is 4.79 Å². The van der Waals surface area contributed by atoms with Gasteiger partial charge < -0.3 is 0 Å². The van der Waals surface area contributed by atoms with E-state index in [9.17, 15) is 4.79 Å². The van der Waals surface area contributed by atoms with E-state index in [2.05, 4.69) is 4.98 Å². The van der Waals surface area contributed by atoms with E-state index in [0.29, 0.717) is 0 Å². The second kappa shape index (κ2) is 6.02. The van der Waals surface area contributed by atoms with E-state index < -0.39 is 0 Å². The minimum atomic E-state index is -0.129. The van der Waals surface area contributed by atoms with Crippen molar-refractivity contribution in [2.45, 2.75) is 31.0 Å². The number of rotatable bonds is 4. The molecule has 1 unspecified atom stereocenters. The molecule has 3 heteroatoms. The summed E-state index contributed by atoms with van der Waals surface area (Å²) in [6.45, 7) is 5.95. The first-order valence-corrected chi connectivity index (χ1v) is 7.15. The lowest BCUT2D eigenvalue weighted by molar-refractivity contribution is 0.0994. The van der Waals surface area contributed by atoms with Gasteiger partial charge in [0.1, 0.15) is 0 Å².